The SMILES string of the molecule is Cc1cc(N(CCOc2ccccc2Cl)S(=O)(=O)c2ccc(Cl)nc2)no1. The maximum absolute atomic E-state index is 13.0. The molecule has 0 atom stereocenters. The summed E-state index contributed by atoms with van der Waals surface area (Å²) in [5.41, 5.74) is 0. The molecule has 0 aliphatic carbocycles. The lowest BCUT2D eigenvalue weighted by Crippen LogP contribution is -2.35. The zero-order valence-corrected chi connectivity index (χ0v) is 16.5. The van der Waals surface area contributed by atoms with Crippen molar-refractivity contribution in [1.29, 1.82) is 0 Å². The molecule has 0 radical (unpaired) electrons. The van der Waals surface area contributed by atoms with E-state index in [0.717, 1.165) is 4.31 Å². The number of sulfonamides is 1. The van der Waals surface area contributed by atoms with E-state index >= 15 is 0 Å². The van der Waals surface area contributed by atoms with E-state index in [1.807, 2.05) is 0 Å². The number of aromatic nitrogens is 2. The number of rotatable bonds is 7. The van der Waals surface area contributed by atoms with Gasteiger partial charge in [-0.15, -0.1) is 0 Å². The minimum Gasteiger partial charge on any atom is -0.490 e. The number of hydrogen-bond acceptors (Lipinski definition) is 6. The van der Waals surface area contributed by atoms with Crippen molar-refractivity contribution in [2.24, 2.45) is 0 Å². The largest absolute Gasteiger partial charge is 0.490 e. The summed E-state index contributed by atoms with van der Waals surface area (Å²) in [6.45, 7) is 1.71. The number of hydrogen-bond donors (Lipinski definition) is 0. The first-order valence-corrected chi connectivity index (χ1v) is 10.0. The summed E-state index contributed by atoms with van der Waals surface area (Å²) < 4.78 is 37.8. The monoisotopic (exact) mass is 427 g/mol. The second-order valence-electron chi connectivity index (χ2n) is 5.47. The van der Waals surface area contributed by atoms with Gasteiger partial charge in [-0.3, -0.25) is 0 Å². The lowest BCUT2D eigenvalue weighted by molar-refractivity contribution is 0.327. The van der Waals surface area contributed by atoms with E-state index in [1.54, 1.807) is 31.2 Å². The standard InChI is InChI=1S/C17H15Cl2N3O4S/c1-12-10-17(21-26-12)22(8-9-25-15-5-3-2-4-14(15)18)27(23,24)13-6-7-16(19)20-11-13/h2-7,10-11H,8-9H2,1H3. The predicted molar refractivity (Wildman–Crippen MR) is 102 cm³/mol. The highest BCUT2D eigenvalue weighted by atomic mass is 35.5. The average Bonchev–Trinajstić information content (AvgIpc) is 3.06. The minimum atomic E-state index is -3.95. The van der Waals surface area contributed by atoms with Crippen LogP contribution >= 0.6 is 23.2 Å². The number of para-hydroxylation sites is 1. The van der Waals surface area contributed by atoms with Crippen LogP contribution in [0.25, 0.3) is 0 Å². The molecule has 0 aliphatic heterocycles. The van der Waals surface area contributed by atoms with Crippen LogP contribution in [0.3, 0.4) is 0 Å². The van der Waals surface area contributed by atoms with Crippen LogP contribution in [-0.4, -0.2) is 31.7 Å². The molecule has 0 fully saturated rings. The maximum Gasteiger partial charge on any atom is 0.267 e. The van der Waals surface area contributed by atoms with Crippen LogP contribution in [0.1, 0.15) is 5.76 Å². The van der Waals surface area contributed by atoms with Crippen molar-refractivity contribution in [3.63, 3.8) is 0 Å². The molecule has 10 heteroatoms. The predicted octanol–water partition coefficient (Wildman–Crippen LogP) is 3.96. The Morgan fingerprint density at radius 2 is 1.96 bits per heavy atom. The Hall–Kier alpha value is -2.29. The highest BCUT2D eigenvalue weighted by Crippen LogP contribution is 2.25. The van der Waals surface area contributed by atoms with Crippen molar-refractivity contribution in [3.05, 3.63) is 64.6 Å². The topological polar surface area (TPSA) is 85.5 Å². The summed E-state index contributed by atoms with van der Waals surface area (Å²) in [7, 11) is -3.95. The molecule has 0 N–H and O–H groups in total. The normalized spacial score (nSPS) is 11.4. The van der Waals surface area contributed by atoms with Gasteiger partial charge in [-0.25, -0.2) is 17.7 Å². The van der Waals surface area contributed by atoms with Gasteiger partial charge in [-0.1, -0.05) is 40.5 Å². The van der Waals surface area contributed by atoms with Gasteiger partial charge < -0.3 is 9.26 Å². The Morgan fingerprint density at radius 1 is 1.19 bits per heavy atom. The molecule has 142 valence electrons. The summed E-state index contributed by atoms with van der Waals surface area (Å²) in [6.07, 6.45) is 1.19. The van der Waals surface area contributed by atoms with Crippen molar-refractivity contribution >= 4 is 39.0 Å². The summed E-state index contributed by atoms with van der Waals surface area (Å²) in [4.78, 5) is 3.81. The van der Waals surface area contributed by atoms with Crippen LogP contribution in [0.2, 0.25) is 10.2 Å². The van der Waals surface area contributed by atoms with E-state index in [1.165, 1.54) is 24.4 Å². The van der Waals surface area contributed by atoms with Crippen LogP contribution in [0.15, 0.2) is 58.1 Å². The van der Waals surface area contributed by atoms with Gasteiger partial charge in [0, 0.05) is 12.3 Å². The van der Waals surface area contributed by atoms with Crippen molar-refractivity contribution in [3.8, 4) is 5.75 Å². The number of anilines is 1. The molecule has 2 aromatic heterocycles. The first-order valence-electron chi connectivity index (χ1n) is 7.83. The smallest absolute Gasteiger partial charge is 0.267 e. The molecule has 0 saturated heterocycles. The van der Waals surface area contributed by atoms with Gasteiger partial charge in [-0.05, 0) is 31.2 Å². The summed E-state index contributed by atoms with van der Waals surface area (Å²) in [6, 6.07) is 11.2. The third-order valence-corrected chi connectivity index (χ3v) is 5.87. The van der Waals surface area contributed by atoms with Crippen molar-refractivity contribution in [2.75, 3.05) is 17.5 Å². The molecule has 1 aromatic carbocycles. The lowest BCUT2D eigenvalue weighted by atomic mass is 10.3. The summed E-state index contributed by atoms with van der Waals surface area (Å²) in [5, 5.41) is 4.44. The molecule has 0 amide bonds. The fourth-order valence-electron chi connectivity index (χ4n) is 2.27. The Balaban J connectivity index is 1.85. The highest BCUT2D eigenvalue weighted by Gasteiger charge is 2.28. The number of benzene rings is 1. The molecule has 0 aliphatic rings. The summed E-state index contributed by atoms with van der Waals surface area (Å²) >= 11 is 11.8. The molecule has 0 spiro atoms. The van der Waals surface area contributed by atoms with E-state index in [0.29, 0.717) is 16.5 Å². The van der Waals surface area contributed by atoms with Gasteiger partial charge in [0.25, 0.3) is 10.0 Å². The summed E-state index contributed by atoms with van der Waals surface area (Å²) in [5.74, 6) is 1.08. The number of pyridine rings is 1. The van der Waals surface area contributed by atoms with Crippen LogP contribution in [0, 0.1) is 6.92 Å². The quantitative estimate of drug-likeness (QED) is 0.530. The van der Waals surface area contributed by atoms with Crippen molar-refractivity contribution < 1.29 is 17.7 Å². The van der Waals surface area contributed by atoms with Gasteiger partial charge in [0.2, 0.25) is 0 Å². The van der Waals surface area contributed by atoms with E-state index in [9.17, 15) is 8.42 Å². The fourth-order valence-corrected chi connectivity index (χ4v) is 3.90. The molecule has 0 unspecified atom stereocenters. The molecule has 0 saturated carbocycles. The second-order valence-corrected chi connectivity index (χ2v) is 8.13. The Kier molecular flexibility index (Phi) is 5.88. The van der Waals surface area contributed by atoms with Crippen LogP contribution in [0.4, 0.5) is 5.82 Å². The highest BCUT2D eigenvalue weighted by molar-refractivity contribution is 7.92. The number of ether oxygens (including phenoxy) is 1. The van der Waals surface area contributed by atoms with E-state index in [2.05, 4.69) is 10.1 Å². The number of nitrogens with zero attached hydrogens (tertiary/aromatic N) is 3. The molecular weight excluding hydrogens is 413 g/mol. The molecule has 27 heavy (non-hydrogen) atoms. The Bertz CT molecular complexity index is 1020. The molecule has 3 rings (SSSR count). The second kappa shape index (κ2) is 8.16. The zero-order valence-electron chi connectivity index (χ0n) is 14.2. The third kappa shape index (κ3) is 4.52. The van der Waals surface area contributed by atoms with Crippen LogP contribution < -0.4 is 9.04 Å². The van der Waals surface area contributed by atoms with Gasteiger partial charge >= 0.3 is 0 Å². The van der Waals surface area contributed by atoms with Gasteiger partial charge in [0.15, 0.2) is 5.82 Å². The van der Waals surface area contributed by atoms with E-state index < -0.39 is 10.0 Å². The zero-order chi connectivity index (χ0) is 19.4. The van der Waals surface area contributed by atoms with Crippen LogP contribution in [-0.2, 0) is 10.0 Å². The van der Waals surface area contributed by atoms with Crippen molar-refractivity contribution in [1.82, 2.24) is 10.1 Å². The van der Waals surface area contributed by atoms with E-state index in [4.69, 9.17) is 32.5 Å². The minimum absolute atomic E-state index is 0.0117. The number of halogens is 2. The van der Waals surface area contributed by atoms with Gasteiger partial charge in [0.05, 0.1) is 11.6 Å². The third-order valence-electron chi connectivity index (χ3n) is 3.55. The van der Waals surface area contributed by atoms with Gasteiger partial charge in [-0.2, -0.15) is 0 Å². The van der Waals surface area contributed by atoms with Gasteiger partial charge in [0.1, 0.15) is 28.2 Å². The Morgan fingerprint density at radius 3 is 2.59 bits per heavy atom. The molecular formula is C17H15Cl2N3O4S. The Labute approximate surface area is 166 Å². The lowest BCUT2D eigenvalue weighted by Gasteiger charge is -2.21. The molecule has 7 nitrogen and oxygen atoms in total. The average molecular weight is 428 g/mol. The number of aryl methyl sites for hydroxylation is 1. The maximum atomic E-state index is 13.0. The van der Waals surface area contributed by atoms with Crippen LogP contribution in [0.5, 0.6) is 5.75 Å². The molecule has 0 bridgehead atoms. The first kappa shape index (κ1) is 19.5. The molecule has 2 heterocycles. The fraction of sp³-hybridized carbons (Fsp3) is 0.176. The van der Waals surface area contributed by atoms with Crippen molar-refractivity contribution in [2.45, 2.75) is 11.8 Å². The molecule has 3 aromatic rings. The van der Waals surface area contributed by atoms with E-state index in [-0.39, 0.29) is 29.0 Å². The first-order chi connectivity index (χ1) is 12.9.